The summed E-state index contributed by atoms with van der Waals surface area (Å²) in [7, 11) is -0.611. The number of carbonyl (C=O) groups is 1. The predicted octanol–water partition coefficient (Wildman–Crippen LogP) is -1.41. The standard InChI is InChI=1S/C6H8O6.C2H6OS/c7-1-2(8)5-3(9)4(10)6(11)12-5;1-4(2)3/h2,5,7-10H,1H2;1-2H3/t2-,5+;/m0./s1. The number of esters is 1. The van der Waals surface area contributed by atoms with Gasteiger partial charge in [-0.05, 0) is 0 Å². The SMILES string of the molecule is CS(C)=O.O=C1O[C@H]([C@@H](O)CO)C(O)=C1O. The molecule has 7 nitrogen and oxygen atoms in total. The largest absolute Gasteiger partial charge is 0.505 e. The van der Waals surface area contributed by atoms with Crippen LogP contribution in [0.15, 0.2) is 11.5 Å². The monoisotopic (exact) mass is 254 g/mol. The maximum atomic E-state index is 10.5. The van der Waals surface area contributed by atoms with Gasteiger partial charge in [0, 0.05) is 23.3 Å². The lowest BCUT2D eigenvalue weighted by Gasteiger charge is -2.13. The highest BCUT2D eigenvalue weighted by molar-refractivity contribution is 7.83. The van der Waals surface area contributed by atoms with Gasteiger partial charge in [-0.15, -0.1) is 0 Å². The summed E-state index contributed by atoms with van der Waals surface area (Å²) in [4.78, 5) is 10.5. The quantitative estimate of drug-likeness (QED) is 0.446. The number of aliphatic hydroxyl groups excluding tert-OH is 4. The van der Waals surface area contributed by atoms with Crippen LogP contribution in [-0.4, -0.2) is 61.9 Å². The molecule has 0 aliphatic carbocycles. The van der Waals surface area contributed by atoms with Crippen LogP contribution in [0.1, 0.15) is 0 Å². The van der Waals surface area contributed by atoms with Gasteiger partial charge in [0.15, 0.2) is 11.9 Å². The number of hydrogen-bond donors (Lipinski definition) is 4. The lowest BCUT2D eigenvalue weighted by molar-refractivity contribution is -0.147. The van der Waals surface area contributed by atoms with Crippen LogP contribution in [0.2, 0.25) is 0 Å². The van der Waals surface area contributed by atoms with Gasteiger partial charge in [-0.25, -0.2) is 4.79 Å². The first-order valence-electron chi connectivity index (χ1n) is 4.18. The summed E-state index contributed by atoms with van der Waals surface area (Å²) < 4.78 is 13.9. The molecule has 0 spiro atoms. The number of hydrogen-bond acceptors (Lipinski definition) is 7. The fourth-order valence-corrected chi connectivity index (χ4v) is 0.823. The number of cyclic esters (lactones) is 1. The van der Waals surface area contributed by atoms with Crippen LogP contribution in [-0.2, 0) is 20.3 Å². The summed E-state index contributed by atoms with van der Waals surface area (Å²) in [6.07, 6.45) is 0.501. The van der Waals surface area contributed by atoms with Gasteiger partial charge >= 0.3 is 5.97 Å². The van der Waals surface area contributed by atoms with Crippen molar-refractivity contribution in [2.75, 3.05) is 19.1 Å². The van der Waals surface area contributed by atoms with Crippen LogP contribution in [0.5, 0.6) is 0 Å². The van der Waals surface area contributed by atoms with Crippen LogP contribution in [0.25, 0.3) is 0 Å². The Hall–Kier alpha value is -1.12. The number of ether oxygens (including phenoxy) is 1. The Morgan fingerprint density at radius 3 is 2.12 bits per heavy atom. The maximum absolute atomic E-state index is 10.5. The lowest BCUT2D eigenvalue weighted by Crippen LogP contribution is -2.31. The van der Waals surface area contributed by atoms with E-state index < -0.39 is 47.1 Å². The van der Waals surface area contributed by atoms with Crippen molar-refractivity contribution < 1.29 is 34.2 Å². The molecule has 0 amide bonds. The van der Waals surface area contributed by atoms with Crippen molar-refractivity contribution in [3.63, 3.8) is 0 Å². The summed E-state index contributed by atoms with van der Waals surface area (Å²) in [6, 6.07) is 0. The van der Waals surface area contributed by atoms with E-state index in [1.54, 1.807) is 12.5 Å². The molecule has 0 fully saturated rings. The maximum Gasteiger partial charge on any atom is 0.377 e. The topological polar surface area (TPSA) is 124 Å². The van der Waals surface area contributed by atoms with E-state index in [0.717, 1.165) is 0 Å². The van der Waals surface area contributed by atoms with E-state index in [-0.39, 0.29) is 0 Å². The smallest absolute Gasteiger partial charge is 0.377 e. The predicted molar refractivity (Wildman–Crippen MR) is 55.2 cm³/mol. The van der Waals surface area contributed by atoms with Gasteiger partial charge in [-0.2, -0.15) is 0 Å². The lowest BCUT2D eigenvalue weighted by atomic mass is 10.2. The van der Waals surface area contributed by atoms with E-state index in [0.29, 0.717) is 0 Å². The molecule has 0 radical (unpaired) electrons. The first-order chi connectivity index (χ1) is 7.31. The van der Waals surface area contributed by atoms with Gasteiger partial charge in [0.1, 0.15) is 6.10 Å². The van der Waals surface area contributed by atoms with Crippen molar-refractivity contribution in [1.82, 2.24) is 0 Å². The second kappa shape index (κ2) is 6.46. The van der Waals surface area contributed by atoms with E-state index in [4.69, 9.17) is 20.4 Å². The highest BCUT2D eigenvalue weighted by Crippen LogP contribution is 2.20. The molecule has 0 saturated heterocycles. The molecule has 0 unspecified atom stereocenters. The van der Waals surface area contributed by atoms with Crippen LogP contribution >= 0.6 is 0 Å². The molecule has 2 atom stereocenters. The molecule has 0 aromatic heterocycles. The van der Waals surface area contributed by atoms with Crippen LogP contribution < -0.4 is 0 Å². The van der Waals surface area contributed by atoms with Gasteiger partial charge in [0.2, 0.25) is 5.76 Å². The normalized spacial score (nSPS) is 21.6. The third kappa shape index (κ3) is 4.17. The summed E-state index contributed by atoms with van der Waals surface area (Å²) in [6.45, 7) is -0.671. The van der Waals surface area contributed by atoms with E-state index >= 15 is 0 Å². The molecule has 8 heteroatoms. The zero-order chi connectivity index (χ0) is 12.9. The molecule has 1 rings (SSSR count). The molecule has 0 saturated carbocycles. The van der Waals surface area contributed by atoms with Crippen LogP contribution in [0, 0.1) is 0 Å². The van der Waals surface area contributed by atoms with Crippen molar-refractivity contribution in [2.24, 2.45) is 0 Å². The Morgan fingerprint density at radius 2 is 1.88 bits per heavy atom. The number of carbonyl (C=O) groups excluding carboxylic acids is 1. The Labute approximate surface area is 94.4 Å². The molecular weight excluding hydrogens is 240 g/mol. The third-order valence-electron chi connectivity index (χ3n) is 1.48. The molecule has 16 heavy (non-hydrogen) atoms. The van der Waals surface area contributed by atoms with Gasteiger partial charge in [0.25, 0.3) is 0 Å². The second-order valence-corrected chi connectivity index (χ2v) is 4.53. The first-order valence-corrected chi connectivity index (χ1v) is 6.15. The average molecular weight is 254 g/mol. The fraction of sp³-hybridized carbons (Fsp3) is 0.625. The fourth-order valence-electron chi connectivity index (χ4n) is 0.823. The number of aliphatic hydroxyl groups is 4. The number of rotatable bonds is 2. The summed E-state index contributed by atoms with van der Waals surface area (Å²) >= 11 is 0. The minimum atomic E-state index is -1.42. The minimum Gasteiger partial charge on any atom is -0.505 e. The van der Waals surface area contributed by atoms with Crippen molar-refractivity contribution >= 4 is 16.8 Å². The summed E-state index contributed by atoms with van der Waals surface area (Å²) in [5.41, 5.74) is 0. The zero-order valence-electron chi connectivity index (χ0n) is 8.78. The van der Waals surface area contributed by atoms with Crippen molar-refractivity contribution in [2.45, 2.75) is 12.2 Å². The van der Waals surface area contributed by atoms with Gasteiger partial charge < -0.3 is 25.2 Å². The highest BCUT2D eigenvalue weighted by atomic mass is 32.2. The Morgan fingerprint density at radius 1 is 1.44 bits per heavy atom. The summed E-state index contributed by atoms with van der Waals surface area (Å²) in [5, 5.41) is 35.0. The molecule has 0 bridgehead atoms. The van der Waals surface area contributed by atoms with Crippen molar-refractivity contribution in [3.8, 4) is 0 Å². The van der Waals surface area contributed by atoms with Gasteiger partial charge in [-0.3, -0.25) is 4.21 Å². The molecule has 94 valence electrons. The molecule has 1 heterocycles. The van der Waals surface area contributed by atoms with Crippen molar-refractivity contribution in [3.05, 3.63) is 11.5 Å². The molecule has 4 N–H and O–H groups in total. The van der Waals surface area contributed by atoms with Gasteiger partial charge in [0.05, 0.1) is 6.61 Å². The van der Waals surface area contributed by atoms with Gasteiger partial charge in [-0.1, -0.05) is 0 Å². The molecule has 0 aromatic rings. The molecular formula is C8H14O7S. The average Bonchev–Trinajstić information content (AvgIpc) is 2.44. The minimum absolute atomic E-state index is 0.611. The Balaban J connectivity index is 0.000000487. The van der Waals surface area contributed by atoms with Crippen LogP contribution in [0.3, 0.4) is 0 Å². The Kier molecular flexibility index (Phi) is 6.01. The van der Waals surface area contributed by atoms with E-state index in [1.165, 1.54) is 0 Å². The molecule has 1 aliphatic heterocycles. The Bertz CT molecular complexity index is 308. The van der Waals surface area contributed by atoms with E-state index in [1.807, 2.05) is 0 Å². The third-order valence-corrected chi connectivity index (χ3v) is 1.48. The van der Waals surface area contributed by atoms with Crippen LogP contribution in [0.4, 0.5) is 0 Å². The van der Waals surface area contributed by atoms with Crippen molar-refractivity contribution in [1.29, 1.82) is 0 Å². The summed E-state index contributed by atoms with van der Waals surface area (Å²) in [5.74, 6) is -2.78. The van der Waals surface area contributed by atoms with E-state index in [2.05, 4.69) is 4.74 Å². The highest BCUT2D eigenvalue weighted by Gasteiger charge is 2.38. The molecule has 0 aromatic carbocycles. The second-order valence-electron chi connectivity index (χ2n) is 3.05. The zero-order valence-corrected chi connectivity index (χ0v) is 9.60. The van der Waals surface area contributed by atoms with E-state index in [9.17, 15) is 9.00 Å². The molecule has 1 aliphatic rings. The first kappa shape index (κ1) is 14.9.